The van der Waals surface area contributed by atoms with Crippen molar-refractivity contribution in [3.8, 4) is 0 Å². The van der Waals surface area contributed by atoms with Gasteiger partial charge in [-0.15, -0.1) is 0 Å². The van der Waals surface area contributed by atoms with E-state index in [0.717, 1.165) is 11.1 Å². The van der Waals surface area contributed by atoms with Crippen molar-refractivity contribution in [2.24, 2.45) is 0 Å². The molecule has 4 rings (SSSR count). The number of carbonyl (C=O) groups is 2. The number of nitrogens with one attached hydrogen (secondary N) is 1. The fourth-order valence-electron chi connectivity index (χ4n) is 3.97. The molecule has 2 atom stereocenters. The number of piperazine rings is 1. The van der Waals surface area contributed by atoms with Crippen LogP contribution in [0.5, 0.6) is 0 Å². The average Bonchev–Trinajstić information content (AvgIpc) is 3.38. The molecule has 3 heterocycles. The van der Waals surface area contributed by atoms with Crippen LogP contribution in [-0.4, -0.2) is 56.8 Å². The number of aromatic amines is 1. The molecule has 146 valence electrons. The van der Waals surface area contributed by atoms with Crippen molar-refractivity contribution in [2.75, 3.05) is 13.1 Å². The van der Waals surface area contributed by atoms with Crippen LogP contribution in [0.1, 0.15) is 36.4 Å². The van der Waals surface area contributed by atoms with Gasteiger partial charge in [0, 0.05) is 48.7 Å². The monoisotopic (exact) mass is 380 g/mol. The number of carbonyl (C=O) groups excluding carboxylic acids is 2. The van der Waals surface area contributed by atoms with Gasteiger partial charge in [-0.3, -0.25) is 9.59 Å². The molecule has 0 radical (unpaired) electrons. The lowest BCUT2D eigenvalue weighted by atomic mass is 10.0. The molecular formula is C21H24N4O3. The summed E-state index contributed by atoms with van der Waals surface area (Å²) in [6.45, 7) is 4.98. The molecule has 2 amide bonds. The highest BCUT2D eigenvalue weighted by atomic mass is 16.3. The third kappa shape index (κ3) is 3.28. The Kier molecular flexibility index (Phi) is 4.90. The van der Waals surface area contributed by atoms with E-state index in [1.54, 1.807) is 4.90 Å². The summed E-state index contributed by atoms with van der Waals surface area (Å²) < 4.78 is 5.14. The number of aromatic nitrogens is 2. The molecule has 1 aliphatic heterocycles. The van der Waals surface area contributed by atoms with Crippen molar-refractivity contribution in [2.45, 2.75) is 38.8 Å². The van der Waals surface area contributed by atoms with Gasteiger partial charge in [-0.2, -0.15) is 0 Å². The molecule has 28 heavy (non-hydrogen) atoms. The normalized spacial score (nSPS) is 19.9. The van der Waals surface area contributed by atoms with Crippen LogP contribution in [0.25, 0.3) is 10.9 Å². The van der Waals surface area contributed by atoms with Gasteiger partial charge in [-0.25, -0.2) is 4.98 Å². The molecular weight excluding hydrogens is 356 g/mol. The van der Waals surface area contributed by atoms with E-state index in [2.05, 4.69) is 16.0 Å². The van der Waals surface area contributed by atoms with Crippen molar-refractivity contribution in [1.29, 1.82) is 0 Å². The van der Waals surface area contributed by atoms with E-state index >= 15 is 0 Å². The van der Waals surface area contributed by atoms with Crippen LogP contribution in [-0.2, 0) is 11.2 Å². The molecule has 0 bridgehead atoms. The summed E-state index contributed by atoms with van der Waals surface area (Å²) in [5.41, 5.74) is 2.25. The number of benzene rings is 1. The first-order chi connectivity index (χ1) is 13.6. The number of fused-ring (bicyclic) bond motifs is 1. The predicted octanol–water partition coefficient (Wildman–Crippen LogP) is 2.85. The second-order valence-corrected chi connectivity index (χ2v) is 7.29. The van der Waals surface area contributed by atoms with Crippen LogP contribution in [0, 0.1) is 0 Å². The van der Waals surface area contributed by atoms with Gasteiger partial charge >= 0.3 is 0 Å². The van der Waals surface area contributed by atoms with Crippen molar-refractivity contribution in [3.63, 3.8) is 0 Å². The summed E-state index contributed by atoms with van der Waals surface area (Å²) in [4.78, 5) is 36.2. The summed E-state index contributed by atoms with van der Waals surface area (Å²) in [5.74, 6) is 0.178. The molecule has 1 fully saturated rings. The number of H-pyrrole nitrogens is 1. The Labute approximate surface area is 163 Å². The lowest BCUT2D eigenvalue weighted by Gasteiger charge is -2.44. The highest BCUT2D eigenvalue weighted by Gasteiger charge is 2.36. The quantitative estimate of drug-likeness (QED) is 0.754. The summed E-state index contributed by atoms with van der Waals surface area (Å²) in [5, 5.41) is 1.17. The molecule has 0 unspecified atom stereocenters. The van der Waals surface area contributed by atoms with Crippen LogP contribution < -0.4 is 0 Å². The Morgan fingerprint density at radius 1 is 1.18 bits per heavy atom. The van der Waals surface area contributed by atoms with E-state index in [1.165, 1.54) is 18.0 Å². The maximum absolute atomic E-state index is 12.9. The SMILES string of the molecule is C[C@@H]1[C@@H](C)N(C(=O)c2cnco2)CCN1C(=O)CCc1c[nH]c2ccccc12. The third-order valence-electron chi connectivity index (χ3n) is 5.77. The number of para-hydroxylation sites is 1. The first-order valence-corrected chi connectivity index (χ1v) is 9.60. The summed E-state index contributed by atoms with van der Waals surface area (Å²) >= 11 is 0. The van der Waals surface area contributed by atoms with Gasteiger partial charge in [0.25, 0.3) is 5.91 Å². The van der Waals surface area contributed by atoms with Crippen molar-refractivity contribution < 1.29 is 14.0 Å². The molecule has 1 aromatic carbocycles. The first-order valence-electron chi connectivity index (χ1n) is 9.60. The molecule has 7 heteroatoms. The van der Waals surface area contributed by atoms with Crippen molar-refractivity contribution >= 4 is 22.7 Å². The average molecular weight is 380 g/mol. The zero-order valence-corrected chi connectivity index (χ0v) is 16.1. The van der Waals surface area contributed by atoms with Gasteiger partial charge in [-0.1, -0.05) is 18.2 Å². The van der Waals surface area contributed by atoms with E-state index in [9.17, 15) is 9.59 Å². The minimum Gasteiger partial charge on any atom is -0.438 e. The molecule has 0 saturated carbocycles. The molecule has 2 aromatic heterocycles. The van der Waals surface area contributed by atoms with E-state index in [0.29, 0.717) is 25.9 Å². The van der Waals surface area contributed by atoms with E-state index in [-0.39, 0.29) is 29.7 Å². The van der Waals surface area contributed by atoms with Gasteiger partial charge < -0.3 is 19.2 Å². The minimum absolute atomic E-state index is 0.0592. The van der Waals surface area contributed by atoms with Gasteiger partial charge in [0.2, 0.25) is 11.7 Å². The number of oxazole rings is 1. The molecule has 1 aliphatic rings. The van der Waals surface area contributed by atoms with E-state index < -0.39 is 0 Å². The lowest BCUT2D eigenvalue weighted by Crippen LogP contribution is -2.60. The molecule has 1 N–H and O–H groups in total. The molecule has 3 aromatic rings. The standard InChI is InChI=1S/C21H24N4O3/c1-14-15(2)25(21(27)19-12-22-13-28-19)10-9-24(14)20(26)8-7-16-11-23-18-6-4-3-5-17(16)18/h3-6,11-15,23H,7-10H2,1-2H3/t14-,15-/m1/s1. The smallest absolute Gasteiger partial charge is 0.291 e. The predicted molar refractivity (Wildman–Crippen MR) is 105 cm³/mol. The van der Waals surface area contributed by atoms with Gasteiger partial charge in [0.15, 0.2) is 6.39 Å². The topological polar surface area (TPSA) is 82.4 Å². The number of hydrogen-bond acceptors (Lipinski definition) is 4. The Bertz CT molecular complexity index is 979. The first kappa shape index (κ1) is 18.3. The van der Waals surface area contributed by atoms with Crippen LogP contribution in [0.4, 0.5) is 0 Å². The fraction of sp³-hybridized carbons (Fsp3) is 0.381. The fourth-order valence-corrected chi connectivity index (χ4v) is 3.97. The zero-order chi connectivity index (χ0) is 19.7. The lowest BCUT2D eigenvalue weighted by molar-refractivity contribution is -0.136. The van der Waals surface area contributed by atoms with Crippen molar-refractivity contribution in [1.82, 2.24) is 19.8 Å². The van der Waals surface area contributed by atoms with Gasteiger partial charge in [-0.05, 0) is 31.9 Å². The van der Waals surface area contributed by atoms with Crippen molar-refractivity contribution in [3.05, 3.63) is 54.4 Å². The third-order valence-corrected chi connectivity index (χ3v) is 5.77. The van der Waals surface area contributed by atoms with Crippen LogP contribution in [0.3, 0.4) is 0 Å². The number of aryl methyl sites for hydroxylation is 1. The minimum atomic E-state index is -0.178. The molecule has 0 spiro atoms. The summed E-state index contributed by atoms with van der Waals surface area (Å²) in [6, 6.07) is 7.96. The number of hydrogen-bond donors (Lipinski definition) is 1. The van der Waals surface area contributed by atoms with Crippen LogP contribution >= 0.6 is 0 Å². The second-order valence-electron chi connectivity index (χ2n) is 7.29. The van der Waals surface area contributed by atoms with E-state index in [4.69, 9.17) is 4.42 Å². The Balaban J connectivity index is 1.39. The maximum atomic E-state index is 12.9. The zero-order valence-electron chi connectivity index (χ0n) is 16.1. The highest BCUT2D eigenvalue weighted by molar-refractivity contribution is 5.91. The molecule has 1 saturated heterocycles. The highest BCUT2D eigenvalue weighted by Crippen LogP contribution is 2.23. The Morgan fingerprint density at radius 2 is 1.93 bits per heavy atom. The molecule has 0 aliphatic carbocycles. The molecule has 7 nitrogen and oxygen atoms in total. The summed E-state index contributed by atoms with van der Waals surface area (Å²) in [6.07, 6.45) is 5.82. The number of amides is 2. The largest absolute Gasteiger partial charge is 0.438 e. The second kappa shape index (κ2) is 7.50. The van der Waals surface area contributed by atoms with E-state index in [1.807, 2.05) is 43.1 Å². The Hall–Kier alpha value is -3.09. The maximum Gasteiger partial charge on any atom is 0.291 e. The summed E-state index contributed by atoms with van der Waals surface area (Å²) in [7, 11) is 0. The number of nitrogens with zero attached hydrogens (tertiary/aromatic N) is 3. The Morgan fingerprint density at radius 3 is 2.71 bits per heavy atom. The van der Waals surface area contributed by atoms with Gasteiger partial charge in [0.1, 0.15) is 0 Å². The van der Waals surface area contributed by atoms with Crippen LogP contribution in [0.15, 0.2) is 47.5 Å². The number of rotatable bonds is 4. The van der Waals surface area contributed by atoms with Crippen LogP contribution in [0.2, 0.25) is 0 Å². The van der Waals surface area contributed by atoms with Gasteiger partial charge in [0.05, 0.1) is 6.20 Å².